The summed E-state index contributed by atoms with van der Waals surface area (Å²) in [6.07, 6.45) is 3.08. The van der Waals surface area contributed by atoms with Crippen molar-refractivity contribution in [3.05, 3.63) is 111 Å². The molecular weight excluding hydrogens is 484 g/mol. The highest BCUT2D eigenvalue weighted by Crippen LogP contribution is 2.20. The van der Waals surface area contributed by atoms with E-state index in [1.54, 1.807) is 6.21 Å². The Balaban J connectivity index is 1.58. The monoisotopic (exact) mass is 510 g/mol. The van der Waals surface area contributed by atoms with Crippen molar-refractivity contribution in [2.24, 2.45) is 5.10 Å². The van der Waals surface area contributed by atoms with Crippen molar-refractivity contribution in [2.45, 2.75) is 6.92 Å². The molecule has 0 aliphatic rings. The number of hydrogen-bond donors (Lipinski definition) is 3. The second kappa shape index (κ2) is 11.2. The molecule has 10 nitrogen and oxygen atoms in total. The summed E-state index contributed by atoms with van der Waals surface area (Å²) in [4.78, 5) is 41.6. The molecular formula is C28H26N6O4. The first kappa shape index (κ1) is 25.8. The molecule has 38 heavy (non-hydrogen) atoms. The van der Waals surface area contributed by atoms with Gasteiger partial charge in [0.15, 0.2) is 0 Å². The number of fused-ring (bicyclic) bond motifs is 1. The van der Waals surface area contributed by atoms with Crippen molar-refractivity contribution >= 4 is 46.4 Å². The molecule has 0 fully saturated rings. The second-order valence-corrected chi connectivity index (χ2v) is 8.71. The van der Waals surface area contributed by atoms with E-state index in [0.717, 1.165) is 27.8 Å². The van der Waals surface area contributed by atoms with Gasteiger partial charge in [0.1, 0.15) is 5.70 Å². The number of benzene rings is 3. The Morgan fingerprint density at radius 3 is 2.34 bits per heavy atom. The lowest BCUT2D eigenvalue weighted by molar-refractivity contribution is -0.384. The number of aromatic amines is 1. The zero-order valence-electron chi connectivity index (χ0n) is 21.1. The molecule has 192 valence electrons. The number of nitrogens with zero attached hydrogens (tertiary/aromatic N) is 3. The number of nitro groups is 1. The highest BCUT2D eigenvalue weighted by Gasteiger charge is 2.16. The number of amides is 2. The van der Waals surface area contributed by atoms with E-state index in [0.29, 0.717) is 5.56 Å². The smallest absolute Gasteiger partial charge is 0.287 e. The van der Waals surface area contributed by atoms with Gasteiger partial charge in [-0.05, 0) is 48.9 Å². The number of carbonyl (C=O) groups excluding carboxylic acids is 2. The molecule has 0 aliphatic heterocycles. The van der Waals surface area contributed by atoms with Crippen LogP contribution in [0.1, 0.15) is 27.2 Å². The number of anilines is 1. The Morgan fingerprint density at radius 1 is 1.00 bits per heavy atom. The number of hydrazone groups is 1. The van der Waals surface area contributed by atoms with Gasteiger partial charge in [-0.1, -0.05) is 30.3 Å². The first-order valence-corrected chi connectivity index (χ1v) is 11.7. The standard InChI is InChI=1S/C28H26N6O4/c1-18-24(23-6-4-5-7-25(23)30-18)17-29-32-28(36)26(16-19-8-12-21(13-9-19)33(2)3)31-27(35)20-10-14-22(15-11-20)34(37)38/h4-17,30H,1-3H3,(H,31,35)(H,32,36)/b26-16?,29-17+. The summed E-state index contributed by atoms with van der Waals surface area (Å²) in [7, 11) is 3.84. The minimum absolute atomic E-state index is 0.0428. The molecule has 3 aromatic carbocycles. The third-order valence-corrected chi connectivity index (χ3v) is 5.86. The number of nitro benzene ring substituents is 1. The lowest BCUT2D eigenvalue weighted by Gasteiger charge is -2.12. The molecule has 0 radical (unpaired) electrons. The fourth-order valence-electron chi connectivity index (χ4n) is 3.80. The fourth-order valence-corrected chi connectivity index (χ4v) is 3.80. The van der Waals surface area contributed by atoms with Crippen LogP contribution < -0.4 is 15.6 Å². The predicted octanol–water partition coefficient (Wildman–Crippen LogP) is 4.37. The Labute approximate surface area is 218 Å². The number of para-hydroxylation sites is 1. The molecule has 0 spiro atoms. The highest BCUT2D eigenvalue weighted by atomic mass is 16.6. The second-order valence-electron chi connectivity index (χ2n) is 8.71. The first-order chi connectivity index (χ1) is 18.2. The average Bonchev–Trinajstić information content (AvgIpc) is 3.23. The molecule has 4 rings (SSSR count). The first-order valence-electron chi connectivity index (χ1n) is 11.7. The van der Waals surface area contributed by atoms with Gasteiger partial charge in [-0.15, -0.1) is 0 Å². The molecule has 3 N–H and O–H groups in total. The van der Waals surface area contributed by atoms with Crippen LogP contribution in [0.3, 0.4) is 0 Å². The van der Waals surface area contributed by atoms with Crippen LogP contribution in [0.25, 0.3) is 17.0 Å². The van der Waals surface area contributed by atoms with E-state index in [9.17, 15) is 19.7 Å². The summed E-state index contributed by atoms with van der Waals surface area (Å²) in [6.45, 7) is 1.91. The minimum Gasteiger partial charge on any atom is -0.378 e. The zero-order valence-corrected chi connectivity index (χ0v) is 21.1. The van der Waals surface area contributed by atoms with Crippen LogP contribution in [0.4, 0.5) is 11.4 Å². The average molecular weight is 511 g/mol. The maximum absolute atomic E-state index is 13.1. The number of non-ortho nitro benzene ring substituents is 1. The van der Waals surface area contributed by atoms with E-state index in [2.05, 4.69) is 20.8 Å². The SMILES string of the molecule is Cc1[nH]c2ccccc2c1/C=N/NC(=O)C(=Cc1ccc(N(C)C)cc1)NC(=O)c1ccc([N+](=O)[O-])cc1. The maximum atomic E-state index is 13.1. The summed E-state index contributed by atoms with van der Waals surface area (Å²) in [5, 5.41) is 18.6. The van der Waals surface area contributed by atoms with Crippen LogP contribution in [0.5, 0.6) is 0 Å². The maximum Gasteiger partial charge on any atom is 0.287 e. The summed E-state index contributed by atoms with van der Waals surface area (Å²) >= 11 is 0. The molecule has 10 heteroatoms. The fraction of sp³-hybridized carbons (Fsp3) is 0.107. The number of aromatic nitrogens is 1. The van der Waals surface area contributed by atoms with E-state index in [1.165, 1.54) is 30.3 Å². The van der Waals surface area contributed by atoms with Crippen molar-refractivity contribution in [3.8, 4) is 0 Å². The molecule has 4 aromatic rings. The van der Waals surface area contributed by atoms with Crippen molar-refractivity contribution in [1.82, 2.24) is 15.7 Å². The summed E-state index contributed by atoms with van der Waals surface area (Å²) in [6, 6.07) is 20.3. The molecule has 0 aliphatic carbocycles. The van der Waals surface area contributed by atoms with Gasteiger partial charge in [0.05, 0.1) is 11.1 Å². The molecule has 0 bridgehead atoms. The number of carbonyl (C=O) groups is 2. The number of nitrogens with one attached hydrogen (secondary N) is 3. The van der Waals surface area contributed by atoms with Crippen molar-refractivity contribution in [3.63, 3.8) is 0 Å². The number of hydrogen-bond acceptors (Lipinski definition) is 6. The predicted molar refractivity (Wildman–Crippen MR) is 148 cm³/mol. The third-order valence-electron chi connectivity index (χ3n) is 5.86. The van der Waals surface area contributed by atoms with Crippen LogP contribution in [0.2, 0.25) is 0 Å². The normalized spacial score (nSPS) is 11.5. The molecule has 0 saturated heterocycles. The van der Waals surface area contributed by atoms with Crippen molar-refractivity contribution in [1.29, 1.82) is 0 Å². The van der Waals surface area contributed by atoms with Gasteiger partial charge in [0.25, 0.3) is 17.5 Å². The Bertz CT molecular complexity index is 1550. The van der Waals surface area contributed by atoms with Crippen LogP contribution in [-0.2, 0) is 4.79 Å². The number of rotatable bonds is 8. The largest absolute Gasteiger partial charge is 0.378 e. The third kappa shape index (κ3) is 5.93. The van der Waals surface area contributed by atoms with Gasteiger partial charge in [0, 0.05) is 59.6 Å². The molecule has 1 aromatic heterocycles. The van der Waals surface area contributed by atoms with E-state index in [4.69, 9.17) is 0 Å². The van der Waals surface area contributed by atoms with Gasteiger partial charge in [0.2, 0.25) is 0 Å². The molecule has 0 atom stereocenters. The molecule has 1 heterocycles. The van der Waals surface area contributed by atoms with E-state index in [-0.39, 0.29) is 16.9 Å². The minimum atomic E-state index is -0.634. The lowest BCUT2D eigenvalue weighted by Crippen LogP contribution is -2.32. The topological polar surface area (TPSA) is 133 Å². The Hall–Kier alpha value is -5.25. The van der Waals surface area contributed by atoms with Gasteiger partial charge in [-0.25, -0.2) is 5.43 Å². The van der Waals surface area contributed by atoms with Crippen LogP contribution in [0.15, 0.2) is 83.6 Å². The highest BCUT2D eigenvalue weighted by molar-refractivity contribution is 6.06. The van der Waals surface area contributed by atoms with Crippen LogP contribution >= 0.6 is 0 Å². The van der Waals surface area contributed by atoms with Gasteiger partial charge >= 0.3 is 0 Å². The summed E-state index contributed by atoms with van der Waals surface area (Å²) in [5.41, 5.74) is 6.80. The molecule has 0 saturated carbocycles. The van der Waals surface area contributed by atoms with E-state index in [1.807, 2.05) is 74.4 Å². The summed E-state index contributed by atoms with van der Waals surface area (Å²) in [5.74, 6) is -1.23. The number of H-pyrrole nitrogens is 1. The van der Waals surface area contributed by atoms with Gasteiger partial charge in [-0.3, -0.25) is 19.7 Å². The quantitative estimate of drug-likeness (QED) is 0.140. The van der Waals surface area contributed by atoms with Gasteiger partial charge < -0.3 is 15.2 Å². The Kier molecular flexibility index (Phi) is 7.62. The number of aryl methyl sites for hydroxylation is 1. The molecule has 2 amide bonds. The van der Waals surface area contributed by atoms with Crippen molar-refractivity contribution < 1.29 is 14.5 Å². The van der Waals surface area contributed by atoms with Gasteiger partial charge in [-0.2, -0.15) is 5.10 Å². The van der Waals surface area contributed by atoms with E-state index >= 15 is 0 Å². The van der Waals surface area contributed by atoms with Crippen LogP contribution in [-0.4, -0.2) is 42.0 Å². The lowest BCUT2D eigenvalue weighted by atomic mass is 10.1. The zero-order chi connectivity index (χ0) is 27.2. The van der Waals surface area contributed by atoms with E-state index < -0.39 is 16.7 Å². The Morgan fingerprint density at radius 2 is 1.68 bits per heavy atom. The molecule has 0 unspecified atom stereocenters. The van der Waals surface area contributed by atoms with Crippen LogP contribution in [0, 0.1) is 17.0 Å². The summed E-state index contributed by atoms with van der Waals surface area (Å²) < 4.78 is 0. The van der Waals surface area contributed by atoms with Crippen molar-refractivity contribution in [2.75, 3.05) is 19.0 Å².